The zero-order chi connectivity index (χ0) is 31.1. The topological polar surface area (TPSA) is 102 Å². The van der Waals surface area contributed by atoms with Gasteiger partial charge in [0.2, 0.25) is 0 Å². The van der Waals surface area contributed by atoms with Crippen LogP contribution in [0.3, 0.4) is 0 Å². The fourth-order valence-electron chi connectivity index (χ4n) is 5.72. The molecule has 0 spiro atoms. The first-order valence-electron chi connectivity index (χ1n) is 14.1. The molecule has 3 heterocycles. The maximum absolute atomic E-state index is 9.86. The van der Waals surface area contributed by atoms with Crippen LogP contribution in [0.2, 0.25) is 0 Å². The van der Waals surface area contributed by atoms with E-state index in [9.17, 15) is 10.5 Å². The smallest absolute Gasteiger partial charge is 0.509 e. The summed E-state index contributed by atoms with van der Waals surface area (Å²) < 4.78 is 15.4. The number of hydrogen-bond acceptors (Lipinski definition) is 6. The van der Waals surface area contributed by atoms with Gasteiger partial charge in [-0.3, -0.25) is 4.68 Å². The van der Waals surface area contributed by atoms with Gasteiger partial charge in [0.25, 0.3) is 0 Å². The van der Waals surface area contributed by atoms with E-state index in [2.05, 4.69) is 46.5 Å². The summed E-state index contributed by atoms with van der Waals surface area (Å²) in [7, 11) is 1.63. The van der Waals surface area contributed by atoms with Crippen LogP contribution in [0.4, 0.5) is 0 Å². The second-order valence-electron chi connectivity index (χ2n) is 10.5. The van der Waals surface area contributed by atoms with E-state index in [0.29, 0.717) is 51.0 Å². The molecule has 0 aliphatic rings. The van der Waals surface area contributed by atoms with Crippen molar-refractivity contribution in [3.05, 3.63) is 126 Å². The molecule has 7 aromatic rings. The predicted molar refractivity (Wildman–Crippen MR) is 171 cm³/mol. The molecule has 0 radical (unpaired) electrons. The van der Waals surface area contributed by atoms with Gasteiger partial charge in [0, 0.05) is 46.6 Å². The number of aromatic nitrogens is 4. The van der Waals surface area contributed by atoms with Crippen LogP contribution in [0.15, 0.2) is 91.4 Å². The average Bonchev–Trinajstić information content (AvgIpc) is 3.68. The number of para-hydroxylation sites is 1. The Morgan fingerprint density at radius 3 is 2.35 bits per heavy atom. The fourth-order valence-corrected chi connectivity index (χ4v) is 5.72. The number of methoxy groups -OCH3 is 1. The van der Waals surface area contributed by atoms with E-state index in [1.54, 1.807) is 30.4 Å². The van der Waals surface area contributed by atoms with Crippen molar-refractivity contribution in [1.29, 1.82) is 10.5 Å². The molecular formula is C37H24N6O2Pt. The number of pyridine rings is 1. The van der Waals surface area contributed by atoms with Crippen LogP contribution in [0.25, 0.3) is 44.4 Å². The number of nitriles is 2. The monoisotopic (exact) mass is 779 g/mol. The molecule has 0 atom stereocenters. The van der Waals surface area contributed by atoms with Gasteiger partial charge < -0.3 is 14.0 Å². The summed E-state index contributed by atoms with van der Waals surface area (Å²) in [5.41, 5.74) is 6.25. The number of nitrogens with zero attached hydrogens (tertiary/aromatic N) is 6. The van der Waals surface area contributed by atoms with E-state index in [1.165, 1.54) is 0 Å². The first-order valence-corrected chi connectivity index (χ1v) is 14.1. The molecule has 0 unspecified atom stereocenters. The minimum absolute atomic E-state index is 0. The Kier molecular flexibility index (Phi) is 8.15. The third kappa shape index (κ3) is 5.20. The SMILES string of the molecule is COc1ccnc(-n2c3[c-]c(Oc4[c-]c(-n5cc(-c6c(C#N)c(C)cc(C)c6C#N)cn5)ccc4)ccc3c3ccccc32)c1.[Pt+2]. The van der Waals surface area contributed by atoms with Gasteiger partial charge in [-0.15, -0.1) is 35.7 Å². The largest absolute Gasteiger partial charge is 2.00 e. The summed E-state index contributed by atoms with van der Waals surface area (Å²) in [5.74, 6) is 2.40. The molecule has 0 saturated carbocycles. The Balaban J connectivity index is 0.00000372. The van der Waals surface area contributed by atoms with Crippen molar-refractivity contribution in [3.63, 3.8) is 0 Å². The van der Waals surface area contributed by atoms with Gasteiger partial charge in [-0.05, 0) is 48.2 Å². The molecule has 0 bridgehead atoms. The summed E-state index contributed by atoms with van der Waals surface area (Å²) in [6.45, 7) is 3.74. The average molecular weight is 780 g/mol. The van der Waals surface area contributed by atoms with Crippen molar-refractivity contribution in [2.45, 2.75) is 13.8 Å². The van der Waals surface area contributed by atoms with Gasteiger partial charge in [0.05, 0.1) is 24.4 Å². The van der Waals surface area contributed by atoms with E-state index in [1.807, 2.05) is 79.1 Å². The molecule has 0 fully saturated rings. The van der Waals surface area contributed by atoms with Gasteiger partial charge in [-0.25, -0.2) is 4.98 Å². The van der Waals surface area contributed by atoms with Crippen LogP contribution >= 0.6 is 0 Å². The molecule has 46 heavy (non-hydrogen) atoms. The molecule has 0 amide bonds. The molecule has 0 saturated heterocycles. The van der Waals surface area contributed by atoms with E-state index < -0.39 is 0 Å². The molecule has 0 aliphatic heterocycles. The van der Waals surface area contributed by atoms with Crippen molar-refractivity contribution in [2.24, 2.45) is 0 Å². The second kappa shape index (κ2) is 12.4. The Hall–Kier alpha value is -5.69. The molecule has 7 rings (SSSR count). The quantitative estimate of drug-likeness (QED) is 0.160. The Labute approximate surface area is 279 Å². The van der Waals surface area contributed by atoms with Crippen molar-refractivity contribution in [1.82, 2.24) is 19.3 Å². The van der Waals surface area contributed by atoms with E-state index >= 15 is 0 Å². The number of rotatable bonds is 6. The third-order valence-corrected chi connectivity index (χ3v) is 7.77. The Morgan fingerprint density at radius 1 is 0.826 bits per heavy atom. The second-order valence-corrected chi connectivity index (χ2v) is 10.5. The van der Waals surface area contributed by atoms with Crippen molar-refractivity contribution < 1.29 is 30.5 Å². The minimum Gasteiger partial charge on any atom is -0.509 e. The summed E-state index contributed by atoms with van der Waals surface area (Å²) >= 11 is 0. The van der Waals surface area contributed by atoms with Gasteiger partial charge in [0.15, 0.2) is 0 Å². The van der Waals surface area contributed by atoms with Gasteiger partial charge >= 0.3 is 21.1 Å². The van der Waals surface area contributed by atoms with Crippen LogP contribution in [0, 0.1) is 48.6 Å². The number of fused-ring (bicyclic) bond motifs is 3. The van der Waals surface area contributed by atoms with Gasteiger partial charge in [-0.1, -0.05) is 29.8 Å². The molecule has 8 nitrogen and oxygen atoms in total. The number of benzene rings is 4. The summed E-state index contributed by atoms with van der Waals surface area (Å²) in [6.07, 6.45) is 5.17. The van der Waals surface area contributed by atoms with E-state index in [0.717, 1.165) is 32.9 Å². The van der Waals surface area contributed by atoms with Gasteiger partial charge in [-0.2, -0.15) is 27.8 Å². The molecule has 0 aliphatic carbocycles. The van der Waals surface area contributed by atoms with E-state index in [-0.39, 0.29) is 21.1 Å². The Bertz CT molecular complexity index is 2320. The Morgan fingerprint density at radius 2 is 1.59 bits per heavy atom. The third-order valence-electron chi connectivity index (χ3n) is 7.77. The normalized spacial score (nSPS) is 10.7. The maximum Gasteiger partial charge on any atom is 2.00 e. The molecule has 0 N–H and O–H groups in total. The maximum atomic E-state index is 9.86. The van der Waals surface area contributed by atoms with Crippen LogP contribution < -0.4 is 9.47 Å². The van der Waals surface area contributed by atoms with Crippen LogP contribution in [-0.2, 0) is 21.1 Å². The molecule has 224 valence electrons. The van der Waals surface area contributed by atoms with Crippen LogP contribution in [0.5, 0.6) is 17.2 Å². The first kappa shape index (κ1) is 30.3. The van der Waals surface area contributed by atoms with E-state index in [4.69, 9.17) is 9.47 Å². The summed E-state index contributed by atoms with van der Waals surface area (Å²) in [6, 6.07) is 34.4. The molecule has 3 aromatic heterocycles. The van der Waals surface area contributed by atoms with Crippen molar-refractivity contribution in [2.75, 3.05) is 7.11 Å². The van der Waals surface area contributed by atoms with Gasteiger partial charge in [0.1, 0.15) is 23.7 Å². The predicted octanol–water partition coefficient (Wildman–Crippen LogP) is 7.79. The number of ether oxygens (including phenoxy) is 2. The standard InChI is InChI=1S/C37H24N6O2.Pt/c1-23-15-24(2)33(20-39)37(32(23)19-38)25-21-41-42(22-25)26-7-6-8-28(16-26)45-29-11-12-31-30-9-4-5-10-34(30)43(35(31)17-29)36-18-27(44-3)13-14-40-36;/h4-15,18,21-22H,1-3H3;/q-2;+2. The van der Waals surface area contributed by atoms with Crippen molar-refractivity contribution in [3.8, 4) is 52.0 Å². The van der Waals surface area contributed by atoms with Crippen LogP contribution in [0.1, 0.15) is 22.3 Å². The zero-order valence-corrected chi connectivity index (χ0v) is 27.2. The summed E-state index contributed by atoms with van der Waals surface area (Å²) in [4.78, 5) is 4.61. The first-order chi connectivity index (χ1) is 22.0. The zero-order valence-electron chi connectivity index (χ0n) is 25.0. The number of hydrogen-bond donors (Lipinski definition) is 0. The van der Waals surface area contributed by atoms with Crippen molar-refractivity contribution >= 4 is 21.8 Å². The van der Waals surface area contributed by atoms with Crippen LogP contribution in [-0.4, -0.2) is 26.4 Å². The summed E-state index contributed by atoms with van der Waals surface area (Å²) in [5, 5.41) is 26.3. The molecule has 9 heteroatoms. The number of aryl methyl sites for hydroxylation is 2. The molecular weight excluding hydrogens is 756 g/mol. The fraction of sp³-hybridized carbons (Fsp3) is 0.0811. The minimum atomic E-state index is 0. The molecule has 4 aromatic carbocycles.